The maximum atomic E-state index is 9.39. The van der Waals surface area contributed by atoms with Crippen LogP contribution in [0.3, 0.4) is 0 Å². The average Bonchev–Trinajstić information content (AvgIpc) is 2.63. The standard InChI is InChI=1S/C13H16N2O2S2/c1-4-13(3)8(2)9(7-16)17-11(13)15-6-5-10(18)14-12(15)19/h1,5-6,8-9,11,16H,7H2,2-3H3,(H,14,18,19)/t8-,9?,11?,13?/m0/s1. The van der Waals surface area contributed by atoms with Crippen molar-refractivity contribution in [2.75, 3.05) is 6.61 Å². The molecule has 2 heterocycles. The Morgan fingerprint density at radius 3 is 2.84 bits per heavy atom. The summed E-state index contributed by atoms with van der Waals surface area (Å²) in [5, 5.41) is 9.39. The van der Waals surface area contributed by atoms with E-state index >= 15 is 0 Å². The number of rotatable bonds is 2. The van der Waals surface area contributed by atoms with Crippen LogP contribution in [0.25, 0.3) is 0 Å². The van der Waals surface area contributed by atoms with Crippen molar-refractivity contribution in [3.05, 3.63) is 21.7 Å². The molecule has 4 nitrogen and oxygen atoms in total. The highest BCUT2D eigenvalue weighted by Gasteiger charge is 2.51. The van der Waals surface area contributed by atoms with Gasteiger partial charge in [0.2, 0.25) is 0 Å². The monoisotopic (exact) mass is 296 g/mol. The Kier molecular flexibility index (Phi) is 3.92. The first-order valence-corrected chi connectivity index (χ1v) is 6.81. The van der Waals surface area contributed by atoms with Gasteiger partial charge in [-0.25, -0.2) is 0 Å². The van der Waals surface area contributed by atoms with E-state index in [0.29, 0.717) is 9.41 Å². The van der Waals surface area contributed by atoms with Gasteiger partial charge in [0.15, 0.2) is 11.0 Å². The largest absolute Gasteiger partial charge is 0.394 e. The average molecular weight is 296 g/mol. The van der Waals surface area contributed by atoms with Crippen LogP contribution in [0.2, 0.25) is 0 Å². The van der Waals surface area contributed by atoms with E-state index in [1.807, 2.05) is 13.8 Å². The fraction of sp³-hybridized carbons (Fsp3) is 0.538. The fourth-order valence-electron chi connectivity index (χ4n) is 2.41. The Morgan fingerprint density at radius 1 is 1.63 bits per heavy atom. The summed E-state index contributed by atoms with van der Waals surface area (Å²) in [5.74, 6) is 2.83. The number of nitrogens with zero attached hydrogens (tertiary/aromatic N) is 1. The third-order valence-electron chi connectivity index (χ3n) is 3.92. The summed E-state index contributed by atoms with van der Waals surface area (Å²) < 4.78 is 8.67. The number of H-pyrrole nitrogens is 1. The maximum Gasteiger partial charge on any atom is 0.180 e. The van der Waals surface area contributed by atoms with E-state index in [-0.39, 0.29) is 18.6 Å². The molecule has 1 aromatic rings. The SMILES string of the molecule is C#CC1(C)C(n2ccc(=S)[nH]c2=S)OC(CO)[C@@H]1C. The molecule has 0 bridgehead atoms. The molecular formula is C13H16N2O2S2. The lowest BCUT2D eigenvalue weighted by Gasteiger charge is -2.29. The third kappa shape index (κ3) is 2.28. The molecule has 1 aromatic heterocycles. The summed E-state index contributed by atoms with van der Waals surface area (Å²) in [6.07, 6.45) is 6.76. The number of aliphatic hydroxyl groups excluding tert-OH is 1. The van der Waals surface area contributed by atoms with Crippen molar-refractivity contribution in [1.82, 2.24) is 9.55 Å². The lowest BCUT2D eigenvalue weighted by atomic mass is 9.77. The van der Waals surface area contributed by atoms with E-state index in [2.05, 4.69) is 10.9 Å². The molecule has 2 N–H and O–H groups in total. The number of aliphatic hydroxyl groups is 1. The van der Waals surface area contributed by atoms with Crippen molar-refractivity contribution in [2.45, 2.75) is 26.2 Å². The number of aromatic amines is 1. The van der Waals surface area contributed by atoms with Crippen LogP contribution in [-0.2, 0) is 4.74 Å². The molecule has 2 rings (SSSR count). The number of hydrogen-bond donors (Lipinski definition) is 2. The van der Waals surface area contributed by atoms with Crippen molar-refractivity contribution in [2.24, 2.45) is 11.3 Å². The summed E-state index contributed by atoms with van der Waals surface area (Å²) in [6.45, 7) is 3.86. The van der Waals surface area contributed by atoms with Crippen LogP contribution in [-0.4, -0.2) is 27.4 Å². The van der Waals surface area contributed by atoms with E-state index < -0.39 is 11.6 Å². The van der Waals surface area contributed by atoms with Gasteiger partial charge in [-0.2, -0.15) is 0 Å². The number of nitrogens with one attached hydrogen (secondary N) is 1. The Bertz CT molecular complexity index is 631. The second-order valence-electron chi connectivity index (χ2n) is 4.94. The molecule has 0 saturated carbocycles. The molecule has 0 spiro atoms. The molecule has 1 aliphatic rings. The van der Waals surface area contributed by atoms with Gasteiger partial charge in [0.1, 0.15) is 4.64 Å². The first-order chi connectivity index (χ1) is 8.93. The van der Waals surface area contributed by atoms with Gasteiger partial charge in [-0.05, 0) is 25.2 Å². The summed E-state index contributed by atoms with van der Waals surface area (Å²) in [7, 11) is 0. The minimum Gasteiger partial charge on any atom is -0.394 e. The zero-order valence-corrected chi connectivity index (χ0v) is 12.4. The molecule has 1 fully saturated rings. The van der Waals surface area contributed by atoms with Crippen molar-refractivity contribution in [1.29, 1.82) is 0 Å². The second kappa shape index (κ2) is 5.17. The van der Waals surface area contributed by atoms with E-state index in [1.165, 1.54) is 0 Å². The summed E-state index contributed by atoms with van der Waals surface area (Å²) in [5.41, 5.74) is -0.539. The third-order valence-corrected chi connectivity index (χ3v) is 4.47. The fourth-order valence-corrected chi connectivity index (χ4v) is 2.89. The Hall–Kier alpha value is -1.00. The molecule has 0 amide bonds. The minimum absolute atomic E-state index is 0.0255. The number of terminal acetylenes is 1. The molecule has 0 radical (unpaired) electrons. The normalized spacial score (nSPS) is 34.1. The molecule has 0 aromatic carbocycles. The van der Waals surface area contributed by atoms with Gasteiger partial charge in [-0.1, -0.05) is 25.1 Å². The quantitative estimate of drug-likeness (QED) is 0.650. The molecule has 3 unspecified atom stereocenters. The topological polar surface area (TPSA) is 50.2 Å². The van der Waals surface area contributed by atoms with Crippen LogP contribution in [0.15, 0.2) is 12.3 Å². The van der Waals surface area contributed by atoms with Gasteiger partial charge in [0.25, 0.3) is 0 Å². The molecular weight excluding hydrogens is 280 g/mol. The minimum atomic E-state index is -0.539. The number of aromatic nitrogens is 2. The Labute approximate surface area is 122 Å². The van der Waals surface area contributed by atoms with Crippen LogP contribution in [0.1, 0.15) is 20.1 Å². The van der Waals surface area contributed by atoms with Crippen LogP contribution >= 0.6 is 24.4 Å². The van der Waals surface area contributed by atoms with Gasteiger partial charge in [0.05, 0.1) is 18.1 Å². The van der Waals surface area contributed by atoms with Gasteiger partial charge < -0.3 is 14.8 Å². The lowest BCUT2D eigenvalue weighted by molar-refractivity contribution is -0.0435. The molecule has 4 atom stereocenters. The molecule has 1 saturated heterocycles. The van der Waals surface area contributed by atoms with Gasteiger partial charge in [-0.15, -0.1) is 6.42 Å². The predicted octanol–water partition coefficient (Wildman–Crippen LogP) is 2.44. The smallest absolute Gasteiger partial charge is 0.180 e. The maximum absolute atomic E-state index is 9.39. The Balaban J connectivity index is 2.52. The van der Waals surface area contributed by atoms with E-state index in [1.54, 1.807) is 16.8 Å². The van der Waals surface area contributed by atoms with Crippen LogP contribution < -0.4 is 0 Å². The van der Waals surface area contributed by atoms with Crippen LogP contribution in [0.4, 0.5) is 0 Å². The van der Waals surface area contributed by atoms with E-state index in [4.69, 9.17) is 35.6 Å². The van der Waals surface area contributed by atoms with E-state index in [9.17, 15) is 5.11 Å². The zero-order valence-electron chi connectivity index (χ0n) is 10.8. The van der Waals surface area contributed by atoms with Gasteiger partial charge in [0, 0.05) is 12.1 Å². The van der Waals surface area contributed by atoms with Crippen molar-refractivity contribution >= 4 is 24.4 Å². The van der Waals surface area contributed by atoms with E-state index in [0.717, 1.165) is 0 Å². The second-order valence-corrected chi connectivity index (χ2v) is 5.77. The summed E-state index contributed by atoms with van der Waals surface area (Å²) in [4.78, 5) is 2.91. The molecule has 102 valence electrons. The lowest BCUT2D eigenvalue weighted by Crippen LogP contribution is -2.30. The highest BCUT2D eigenvalue weighted by Crippen LogP contribution is 2.48. The Morgan fingerprint density at radius 2 is 2.32 bits per heavy atom. The van der Waals surface area contributed by atoms with Crippen LogP contribution in [0.5, 0.6) is 0 Å². The van der Waals surface area contributed by atoms with Crippen LogP contribution in [0, 0.1) is 33.1 Å². The van der Waals surface area contributed by atoms with Gasteiger partial charge in [-0.3, -0.25) is 4.57 Å². The van der Waals surface area contributed by atoms with Crippen molar-refractivity contribution in [3.8, 4) is 12.3 Å². The molecule has 0 aliphatic carbocycles. The van der Waals surface area contributed by atoms with Crippen molar-refractivity contribution < 1.29 is 9.84 Å². The highest BCUT2D eigenvalue weighted by atomic mass is 32.1. The first kappa shape index (κ1) is 14.4. The summed E-state index contributed by atoms with van der Waals surface area (Å²) >= 11 is 10.3. The first-order valence-electron chi connectivity index (χ1n) is 5.99. The highest BCUT2D eigenvalue weighted by molar-refractivity contribution is 7.72. The molecule has 6 heteroatoms. The number of hydrogen-bond acceptors (Lipinski definition) is 4. The van der Waals surface area contributed by atoms with Crippen molar-refractivity contribution in [3.63, 3.8) is 0 Å². The summed E-state index contributed by atoms with van der Waals surface area (Å²) in [6, 6.07) is 1.74. The number of ether oxygens (including phenoxy) is 1. The molecule has 19 heavy (non-hydrogen) atoms. The zero-order chi connectivity index (χ0) is 14.2. The predicted molar refractivity (Wildman–Crippen MR) is 77.6 cm³/mol. The molecule has 1 aliphatic heterocycles. The van der Waals surface area contributed by atoms with Gasteiger partial charge >= 0.3 is 0 Å².